The number of non-ortho nitro benzene ring substituents is 1. The van der Waals surface area contributed by atoms with E-state index >= 15 is 0 Å². The predicted molar refractivity (Wildman–Crippen MR) is 150 cm³/mol. The maximum absolute atomic E-state index is 14.4. The van der Waals surface area contributed by atoms with Crippen LogP contribution < -0.4 is 5.32 Å². The monoisotopic (exact) mass is 528 g/mol. The van der Waals surface area contributed by atoms with E-state index in [9.17, 15) is 19.3 Å². The van der Waals surface area contributed by atoms with Crippen molar-refractivity contribution in [3.05, 3.63) is 112 Å². The van der Waals surface area contributed by atoms with Crippen molar-refractivity contribution < 1.29 is 14.1 Å². The Morgan fingerprint density at radius 3 is 2.54 bits per heavy atom. The molecule has 0 saturated carbocycles. The Kier molecular flexibility index (Phi) is 8.32. The van der Waals surface area contributed by atoms with Crippen LogP contribution in [-0.4, -0.2) is 46.5 Å². The van der Waals surface area contributed by atoms with Gasteiger partial charge in [0.1, 0.15) is 5.82 Å². The van der Waals surface area contributed by atoms with E-state index in [1.165, 1.54) is 37.5 Å². The lowest BCUT2D eigenvalue weighted by Crippen LogP contribution is -2.38. The summed E-state index contributed by atoms with van der Waals surface area (Å²) in [7, 11) is 0. The lowest BCUT2D eigenvalue weighted by molar-refractivity contribution is -0.384. The molecule has 1 aromatic heterocycles. The molecular formula is C31H33FN4O3. The standard InChI is InChI=1S/C31H33FN4O3/c32-25-11-7-10-24(18-25)27(20-31(37)33-14-17-34-15-5-2-6-16-34)29-22-35(21-23-8-3-1-4-9-23)30-13-12-26(36(38)39)19-28(29)30/h1,3-4,7-13,18-19,22,27H,2,5-6,14-17,20-21H2,(H,33,37)/t27-/m1/s1. The van der Waals surface area contributed by atoms with Crippen LogP contribution >= 0.6 is 0 Å². The fraction of sp³-hybridized carbons (Fsp3) is 0.323. The van der Waals surface area contributed by atoms with Gasteiger partial charge in [-0.25, -0.2) is 4.39 Å². The Morgan fingerprint density at radius 1 is 1.00 bits per heavy atom. The summed E-state index contributed by atoms with van der Waals surface area (Å²) in [6.45, 7) is 4.03. The first-order valence-electron chi connectivity index (χ1n) is 13.5. The highest BCUT2D eigenvalue weighted by atomic mass is 19.1. The average Bonchev–Trinajstić information content (AvgIpc) is 3.30. The zero-order chi connectivity index (χ0) is 27.2. The van der Waals surface area contributed by atoms with Crippen LogP contribution in [0.5, 0.6) is 0 Å². The molecule has 0 unspecified atom stereocenters. The van der Waals surface area contributed by atoms with Crippen molar-refractivity contribution in [2.45, 2.75) is 38.1 Å². The molecule has 1 N–H and O–H groups in total. The Balaban J connectivity index is 1.48. The minimum absolute atomic E-state index is 0.0230. The number of likely N-dealkylation sites (tertiary alicyclic amines) is 1. The summed E-state index contributed by atoms with van der Waals surface area (Å²) in [4.78, 5) is 26.8. The van der Waals surface area contributed by atoms with Gasteiger partial charge >= 0.3 is 0 Å². The second-order valence-corrected chi connectivity index (χ2v) is 10.2. The number of halogens is 1. The number of aromatic nitrogens is 1. The molecule has 1 aliphatic heterocycles. The number of carbonyl (C=O) groups is 1. The largest absolute Gasteiger partial charge is 0.355 e. The van der Waals surface area contributed by atoms with E-state index in [-0.39, 0.29) is 23.8 Å². The number of benzene rings is 3. The van der Waals surface area contributed by atoms with Gasteiger partial charge in [0, 0.05) is 61.2 Å². The van der Waals surface area contributed by atoms with Crippen LogP contribution in [0.3, 0.4) is 0 Å². The van der Waals surface area contributed by atoms with E-state index in [0.29, 0.717) is 24.0 Å². The maximum Gasteiger partial charge on any atom is 0.270 e. The van der Waals surface area contributed by atoms with E-state index in [0.717, 1.165) is 36.3 Å². The highest BCUT2D eigenvalue weighted by molar-refractivity contribution is 5.88. The number of carbonyl (C=O) groups excluding carboxylic acids is 1. The molecule has 2 heterocycles. The molecule has 1 saturated heterocycles. The van der Waals surface area contributed by atoms with Crippen LogP contribution in [0.4, 0.5) is 10.1 Å². The molecule has 0 aliphatic carbocycles. The third-order valence-electron chi connectivity index (χ3n) is 7.52. The summed E-state index contributed by atoms with van der Waals surface area (Å²) in [5, 5.41) is 15.4. The smallest absolute Gasteiger partial charge is 0.270 e. The first-order chi connectivity index (χ1) is 19.0. The first kappa shape index (κ1) is 26.6. The van der Waals surface area contributed by atoms with Crippen molar-refractivity contribution in [1.29, 1.82) is 0 Å². The zero-order valence-corrected chi connectivity index (χ0v) is 21.9. The lowest BCUT2D eigenvalue weighted by Gasteiger charge is -2.26. The van der Waals surface area contributed by atoms with Crippen LogP contribution in [0, 0.1) is 15.9 Å². The van der Waals surface area contributed by atoms with E-state index < -0.39 is 10.8 Å². The molecule has 1 amide bonds. The van der Waals surface area contributed by atoms with Gasteiger partial charge in [-0.15, -0.1) is 0 Å². The fourth-order valence-corrected chi connectivity index (χ4v) is 5.54. The Bertz CT molecular complexity index is 1450. The molecule has 5 rings (SSSR count). The molecule has 0 spiro atoms. The van der Waals surface area contributed by atoms with E-state index in [1.807, 2.05) is 47.2 Å². The molecule has 0 bridgehead atoms. The van der Waals surface area contributed by atoms with Crippen molar-refractivity contribution in [3.63, 3.8) is 0 Å². The van der Waals surface area contributed by atoms with Crippen molar-refractivity contribution in [2.75, 3.05) is 26.2 Å². The summed E-state index contributed by atoms with van der Waals surface area (Å²) >= 11 is 0. The quantitative estimate of drug-likeness (QED) is 0.207. The third-order valence-corrected chi connectivity index (χ3v) is 7.52. The molecule has 1 fully saturated rings. The Morgan fingerprint density at radius 2 is 1.79 bits per heavy atom. The topological polar surface area (TPSA) is 80.4 Å². The number of fused-ring (bicyclic) bond motifs is 1. The molecular weight excluding hydrogens is 495 g/mol. The van der Waals surface area contributed by atoms with E-state index in [2.05, 4.69) is 10.2 Å². The van der Waals surface area contributed by atoms with Crippen molar-refractivity contribution >= 4 is 22.5 Å². The summed E-state index contributed by atoms with van der Waals surface area (Å²) in [6.07, 6.45) is 5.70. The molecule has 7 nitrogen and oxygen atoms in total. The molecule has 3 aromatic carbocycles. The second kappa shape index (κ2) is 12.2. The Hall–Kier alpha value is -4.04. The molecule has 8 heteroatoms. The van der Waals surface area contributed by atoms with Gasteiger partial charge in [-0.05, 0) is 60.8 Å². The number of nitro benzene ring substituents is 1. The second-order valence-electron chi connectivity index (χ2n) is 10.2. The predicted octanol–water partition coefficient (Wildman–Crippen LogP) is 5.86. The van der Waals surface area contributed by atoms with Crippen LogP contribution in [0.1, 0.15) is 48.3 Å². The molecule has 1 atom stereocenters. The number of hydrogen-bond donors (Lipinski definition) is 1. The number of rotatable bonds is 10. The summed E-state index contributed by atoms with van der Waals surface area (Å²) in [5.41, 5.74) is 3.31. The number of nitrogens with one attached hydrogen (secondary N) is 1. The zero-order valence-electron chi connectivity index (χ0n) is 21.9. The third kappa shape index (κ3) is 6.52. The van der Waals surface area contributed by atoms with E-state index in [1.54, 1.807) is 18.2 Å². The molecule has 1 aliphatic rings. The van der Waals surface area contributed by atoms with Crippen LogP contribution in [0.25, 0.3) is 10.9 Å². The number of nitro groups is 1. The van der Waals surface area contributed by atoms with Gasteiger partial charge in [-0.1, -0.05) is 48.9 Å². The molecule has 202 valence electrons. The van der Waals surface area contributed by atoms with Crippen molar-refractivity contribution in [3.8, 4) is 0 Å². The van der Waals surface area contributed by atoms with Gasteiger partial charge in [0.15, 0.2) is 0 Å². The lowest BCUT2D eigenvalue weighted by atomic mass is 9.88. The maximum atomic E-state index is 14.4. The van der Waals surface area contributed by atoms with Gasteiger partial charge in [0.2, 0.25) is 5.91 Å². The number of nitrogens with zero attached hydrogens (tertiary/aromatic N) is 3. The van der Waals surface area contributed by atoms with Gasteiger partial charge in [-0.2, -0.15) is 0 Å². The van der Waals surface area contributed by atoms with E-state index in [4.69, 9.17) is 0 Å². The molecule has 4 aromatic rings. The fourth-order valence-electron chi connectivity index (χ4n) is 5.54. The Labute approximate surface area is 227 Å². The highest BCUT2D eigenvalue weighted by Crippen LogP contribution is 2.37. The summed E-state index contributed by atoms with van der Waals surface area (Å²) in [6, 6.07) is 21.0. The van der Waals surface area contributed by atoms with Crippen molar-refractivity contribution in [2.24, 2.45) is 0 Å². The van der Waals surface area contributed by atoms with Crippen molar-refractivity contribution in [1.82, 2.24) is 14.8 Å². The number of amides is 1. The normalized spacial score (nSPS) is 14.8. The number of hydrogen-bond acceptors (Lipinski definition) is 4. The minimum Gasteiger partial charge on any atom is -0.355 e. The minimum atomic E-state index is -0.475. The SMILES string of the molecule is O=C(C[C@H](c1cccc(F)c1)c1cn(Cc2ccccc2)c2ccc([N+](=O)[O-])cc12)NCCN1CCCCC1. The first-order valence-corrected chi connectivity index (χ1v) is 13.5. The average molecular weight is 529 g/mol. The summed E-state index contributed by atoms with van der Waals surface area (Å²) in [5.74, 6) is -0.991. The van der Waals surface area contributed by atoms with Gasteiger partial charge in [0.05, 0.1) is 4.92 Å². The van der Waals surface area contributed by atoms with Gasteiger partial charge in [-0.3, -0.25) is 14.9 Å². The van der Waals surface area contributed by atoms with Crippen LogP contribution in [0.15, 0.2) is 79.0 Å². The van der Waals surface area contributed by atoms with Gasteiger partial charge < -0.3 is 14.8 Å². The molecule has 39 heavy (non-hydrogen) atoms. The number of piperidine rings is 1. The molecule has 0 radical (unpaired) electrons. The highest BCUT2D eigenvalue weighted by Gasteiger charge is 2.25. The van der Waals surface area contributed by atoms with Gasteiger partial charge in [0.25, 0.3) is 5.69 Å². The van der Waals surface area contributed by atoms with Crippen LogP contribution in [0.2, 0.25) is 0 Å². The van der Waals surface area contributed by atoms with Crippen LogP contribution in [-0.2, 0) is 11.3 Å². The summed E-state index contributed by atoms with van der Waals surface area (Å²) < 4.78 is 16.4.